The van der Waals surface area contributed by atoms with E-state index in [1.54, 1.807) is 4.90 Å². The quantitative estimate of drug-likeness (QED) is 0.302. The van der Waals surface area contributed by atoms with Gasteiger partial charge in [-0.1, -0.05) is 68.2 Å². The Bertz CT molecular complexity index is 839. The smallest absolute Gasteiger partial charge is 0.289 e. The van der Waals surface area contributed by atoms with E-state index in [2.05, 4.69) is 31.4 Å². The molecule has 3 amide bonds. The molecule has 0 aliphatic heterocycles. The summed E-state index contributed by atoms with van der Waals surface area (Å²) < 4.78 is 0. The normalized spacial score (nSPS) is 19.7. The maximum atomic E-state index is 13.7. The number of rotatable bonds is 14. The van der Waals surface area contributed by atoms with Crippen molar-refractivity contribution in [3.05, 3.63) is 0 Å². The molecule has 0 heterocycles. The van der Waals surface area contributed by atoms with Crippen LogP contribution in [-0.2, 0) is 19.2 Å². The van der Waals surface area contributed by atoms with Gasteiger partial charge in [0, 0.05) is 12.6 Å². The largest absolute Gasteiger partial charge is 0.347 e. The molecule has 0 saturated heterocycles. The first-order chi connectivity index (χ1) is 17.1. The lowest BCUT2D eigenvalue weighted by molar-refractivity contribution is -0.146. The molecule has 2 fully saturated rings. The second kappa shape index (κ2) is 12.3. The topological polar surface area (TPSA) is 122 Å². The van der Waals surface area contributed by atoms with E-state index in [4.69, 9.17) is 5.73 Å². The molecular formula is C29H52N4O4. The van der Waals surface area contributed by atoms with Gasteiger partial charge in [-0.15, -0.1) is 0 Å². The van der Waals surface area contributed by atoms with Gasteiger partial charge in [0.15, 0.2) is 0 Å². The van der Waals surface area contributed by atoms with Gasteiger partial charge >= 0.3 is 0 Å². The Kier molecular flexibility index (Phi) is 10.4. The van der Waals surface area contributed by atoms with Crippen molar-refractivity contribution in [3.63, 3.8) is 0 Å². The standard InChI is InChI=1S/C29H52N4O4/c1-9-12-20(22(34)25(36)31-19-13-14-19)32-24(35)21(10-2)33(26(37)23(30)27(3,4)5)18-17-28(6,7)29(8)15-11-16-29/h19-21,23H,9-18,30H2,1-8H3,(H,31,36)(H,32,35)/t20?,21-,23+/m0/s1. The zero-order valence-electron chi connectivity index (χ0n) is 24.5. The lowest BCUT2D eigenvalue weighted by Crippen LogP contribution is -2.59. The van der Waals surface area contributed by atoms with Gasteiger partial charge in [-0.3, -0.25) is 19.2 Å². The Morgan fingerprint density at radius 2 is 1.65 bits per heavy atom. The van der Waals surface area contributed by atoms with Crippen molar-refractivity contribution in [2.45, 2.75) is 137 Å². The minimum atomic E-state index is -0.913. The second-order valence-corrected chi connectivity index (χ2v) is 13.3. The highest BCUT2D eigenvalue weighted by atomic mass is 16.2. The number of nitrogens with zero attached hydrogens (tertiary/aromatic N) is 1. The van der Waals surface area contributed by atoms with Crippen molar-refractivity contribution in [2.75, 3.05) is 6.54 Å². The molecule has 0 bridgehead atoms. The van der Waals surface area contributed by atoms with E-state index in [0.29, 0.717) is 25.8 Å². The van der Waals surface area contributed by atoms with Crippen molar-refractivity contribution in [2.24, 2.45) is 22.0 Å². The average Bonchev–Trinajstić information content (AvgIpc) is 3.61. The van der Waals surface area contributed by atoms with Crippen molar-refractivity contribution >= 4 is 23.5 Å². The van der Waals surface area contributed by atoms with Gasteiger partial charge in [0.25, 0.3) is 5.91 Å². The van der Waals surface area contributed by atoms with Crippen LogP contribution in [0.25, 0.3) is 0 Å². The number of amides is 3. The third-order valence-electron chi connectivity index (χ3n) is 8.96. The molecule has 1 unspecified atom stereocenters. The Labute approximate surface area is 224 Å². The molecule has 8 nitrogen and oxygen atoms in total. The van der Waals surface area contributed by atoms with Crippen LogP contribution in [0.3, 0.4) is 0 Å². The van der Waals surface area contributed by atoms with E-state index in [1.165, 1.54) is 6.42 Å². The first-order valence-corrected chi connectivity index (χ1v) is 14.3. The number of nitrogens with one attached hydrogen (secondary N) is 2. The van der Waals surface area contributed by atoms with E-state index in [0.717, 1.165) is 32.1 Å². The highest BCUT2D eigenvalue weighted by molar-refractivity contribution is 6.38. The molecular weight excluding hydrogens is 468 g/mol. The van der Waals surface area contributed by atoms with Crippen molar-refractivity contribution < 1.29 is 19.2 Å². The molecule has 0 aromatic heterocycles. The van der Waals surface area contributed by atoms with Crippen molar-refractivity contribution in [3.8, 4) is 0 Å². The van der Waals surface area contributed by atoms with Crippen LogP contribution in [0, 0.1) is 16.2 Å². The molecule has 2 aliphatic carbocycles. The summed E-state index contributed by atoms with van der Waals surface area (Å²) in [4.78, 5) is 54.2. The number of hydrogen-bond acceptors (Lipinski definition) is 5. The average molecular weight is 521 g/mol. The minimum Gasteiger partial charge on any atom is -0.347 e. The predicted octanol–water partition coefficient (Wildman–Crippen LogP) is 3.71. The molecule has 0 aromatic carbocycles. The second-order valence-electron chi connectivity index (χ2n) is 13.3. The first-order valence-electron chi connectivity index (χ1n) is 14.3. The summed E-state index contributed by atoms with van der Waals surface area (Å²) in [7, 11) is 0. The zero-order valence-corrected chi connectivity index (χ0v) is 24.5. The molecule has 2 aliphatic rings. The van der Waals surface area contributed by atoms with Crippen LogP contribution in [0.1, 0.15) is 113 Å². The van der Waals surface area contributed by atoms with Crippen LogP contribution in [0.2, 0.25) is 0 Å². The van der Waals surface area contributed by atoms with Gasteiger partial charge < -0.3 is 21.3 Å². The lowest BCUT2D eigenvalue weighted by atomic mass is 9.54. The summed E-state index contributed by atoms with van der Waals surface area (Å²) in [5, 5.41) is 5.54. The van der Waals surface area contributed by atoms with Gasteiger partial charge in [0.2, 0.25) is 17.6 Å². The van der Waals surface area contributed by atoms with Crippen molar-refractivity contribution in [1.82, 2.24) is 15.5 Å². The van der Waals surface area contributed by atoms with Gasteiger partial charge in [-0.25, -0.2) is 0 Å². The van der Waals surface area contributed by atoms with E-state index in [-0.39, 0.29) is 22.8 Å². The fourth-order valence-electron chi connectivity index (χ4n) is 5.07. The third kappa shape index (κ3) is 7.78. The van der Waals surface area contributed by atoms with Gasteiger partial charge in [-0.05, 0) is 61.2 Å². The maximum absolute atomic E-state index is 13.7. The number of hydrogen-bond donors (Lipinski definition) is 3. The van der Waals surface area contributed by atoms with E-state index < -0.39 is 41.1 Å². The Morgan fingerprint density at radius 3 is 2.08 bits per heavy atom. The number of nitrogens with two attached hydrogens (primary N) is 1. The molecule has 0 radical (unpaired) electrons. The summed E-state index contributed by atoms with van der Waals surface area (Å²) in [6.45, 7) is 16.7. The Morgan fingerprint density at radius 1 is 1.05 bits per heavy atom. The summed E-state index contributed by atoms with van der Waals surface area (Å²) in [5.41, 5.74) is 6.14. The Balaban J connectivity index is 2.25. The highest BCUT2D eigenvalue weighted by Crippen LogP contribution is 2.55. The zero-order chi connectivity index (χ0) is 28.2. The van der Waals surface area contributed by atoms with Crippen molar-refractivity contribution in [1.29, 1.82) is 0 Å². The predicted molar refractivity (Wildman–Crippen MR) is 147 cm³/mol. The summed E-state index contributed by atoms with van der Waals surface area (Å²) >= 11 is 0. The monoisotopic (exact) mass is 520 g/mol. The van der Waals surface area contributed by atoms with Gasteiger partial charge in [-0.2, -0.15) is 0 Å². The number of ketones is 1. The molecule has 0 aromatic rings. The summed E-state index contributed by atoms with van der Waals surface area (Å²) in [5.74, 6) is -1.93. The van der Waals surface area contributed by atoms with Crippen LogP contribution < -0.4 is 16.4 Å². The fourth-order valence-corrected chi connectivity index (χ4v) is 5.07. The van der Waals surface area contributed by atoms with E-state index >= 15 is 0 Å². The van der Waals surface area contributed by atoms with Crippen LogP contribution in [-0.4, -0.2) is 59.1 Å². The van der Waals surface area contributed by atoms with E-state index in [9.17, 15) is 19.2 Å². The molecule has 37 heavy (non-hydrogen) atoms. The molecule has 3 atom stereocenters. The molecule has 0 spiro atoms. The summed E-state index contributed by atoms with van der Waals surface area (Å²) in [6.07, 6.45) is 7.43. The maximum Gasteiger partial charge on any atom is 0.289 e. The lowest BCUT2D eigenvalue weighted by Gasteiger charge is -2.52. The fraction of sp³-hybridized carbons (Fsp3) is 0.862. The molecule has 8 heteroatoms. The number of Topliss-reactive ketones (excluding diaryl/α,β-unsaturated/α-hetero) is 1. The van der Waals surface area contributed by atoms with Crippen LogP contribution >= 0.6 is 0 Å². The first kappa shape index (κ1) is 31.3. The summed E-state index contributed by atoms with van der Waals surface area (Å²) in [6, 6.07) is -2.40. The number of carbonyl (C=O) groups excluding carboxylic acids is 4. The van der Waals surface area contributed by atoms with Crippen LogP contribution in [0.4, 0.5) is 0 Å². The van der Waals surface area contributed by atoms with Crippen LogP contribution in [0.5, 0.6) is 0 Å². The molecule has 212 valence electrons. The molecule has 2 saturated carbocycles. The molecule has 4 N–H and O–H groups in total. The minimum absolute atomic E-state index is 0.00795. The van der Waals surface area contributed by atoms with Crippen LogP contribution in [0.15, 0.2) is 0 Å². The number of carbonyl (C=O) groups is 4. The highest BCUT2D eigenvalue weighted by Gasteiger charge is 2.46. The van der Waals surface area contributed by atoms with Gasteiger partial charge in [0.1, 0.15) is 6.04 Å². The van der Waals surface area contributed by atoms with E-state index in [1.807, 2.05) is 34.6 Å². The Hall–Kier alpha value is -1.96. The van der Waals surface area contributed by atoms with Gasteiger partial charge in [0.05, 0.1) is 12.1 Å². The third-order valence-corrected chi connectivity index (χ3v) is 8.96. The molecule has 2 rings (SSSR count). The SMILES string of the molecule is CCCC(NC(=O)[C@H](CC)N(CCC(C)(C)C1(C)CCC1)C(=O)[C@@H](N)C(C)(C)C)C(=O)C(=O)NC1CC1.